The quantitative estimate of drug-likeness (QED) is 0.292. The Balaban J connectivity index is 2.48. The molecule has 0 saturated heterocycles. The van der Waals surface area contributed by atoms with Gasteiger partial charge in [0.25, 0.3) is 0 Å². The fourth-order valence-corrected chi connectivity index (χ4v) is 1.75. The van der Waals surface area contributed by atoms with Gasteiger partial charge in [0.15, 0.2) is 0 Å². The van der Waals surface area contributed by atoms with Crippen molar-refractivity contribution in [1.82, 2.24) is 14.9 Å². The van der Waals surface area contributed by atoms with Crippen LogP contribution in [0.5, 0.6) is 0 Å². The van der Waals surface area contributed by atoms with Gasteiger partial charge in [0, 0.05) is 38.1 Å². The molecule has 0 spiro atoms. The first-order valence-electron chi connectivity index (χ1n) is 7.36. The molecule has 0 saturated carbocycles. The monoisotopic (exact) mass is 323 g/mol. The number of nitrogens with one attached hydrogen (secondary N) is 1. The van der Waals surface area contributed by atoms with Gasteiger partial charge in [-0.3, -0.25) is 4.90 Å². The van der Waals surface area contributed by atoms with E-state index in [4.69, 9.17) is 9.57 Å². The molecule has 23 heavy (non-hydrogen) atoms. The van der Waals surface area contributed by atoms with Gasteiger partial charge < -0.3 is 20.0 Å². The summed E-state index contributed by atoms with van der Waals surface area (Å²) in [7, 11) is 3.27. The number of aromatic nitrogens is 2. The Bertz CT molecular complexity index is 510. The second kappa shape index (κ2) is 10.7. The Morgan fingerprint density at radius 3 is 2.96 bits per heavy atom. The minimum Gasteiger partial charge on any atom is -0.367 e. The highest BCUT2D eigenvalue weighted by molar-refractivity contribution is 5.52. The number of anilines is 1. The highest BCUT2D eigenvalue weighted by atomic mass is 16.6. The lowest BCUT2D eigenvalue weighted by Gasteiger charge is -2.23. The normalized spacial score (nSPS) is 14.5. The van der Waals surface area contributed by atoms with Crippen LogP contribution in [0.4, 0.5) is 5.82 Å². The van der Waals surface area contributed by atoms with Crippen LogP contribution in [0.15, 0.2) is 23.8 Å². The predicted molar refractivity (Wildman–Crippen MR) is 89.7 cm³/mol. The Kier molecular flexibility index (Phi) is 8.81. The number of hydrogen-bond donors (Lipinski definition) is 2. The molecule has 0 bridgehead atoms. The van der Waals surface area contributed by atoms with Crippen molar-refractivity contribution < 1.29 is 14.7 Å². The van der Waals surface area contributed by atoms with Gasteiger partial charge in [-0.2, -0.15) is 0 Å². The van der Waals surface area contributed by atoms with Gasteiger partial charge in [0.1, 0.15) is 18.4 Å². The molecule has 0 aromatic carbocycles. The number of methoxy groups -OCH3 is 1. The number of nitrogens with zero attached hydrogens (tertiary/aromatic N) is 4. The van der Waals surface area contributed by atoms with E-state index in [-0.39, 0.29) is 6.04 Å². The summed E-state index contributed by atoms with van der Waals surface area (Å²) < 4.78 is 4.84. The first-order chi connectivity index (χ1) is 11.1. The van der Waals surface area contributed by atoms with E-state index >= 15 is 0 Å². The molecule has 1 rings (SSSR count). The summed E-state index contributed by atoms with van der Waals surface area (Å²) in [6, 6.07) is 1.99. The third-order valence-corrected chi connectivity index (χ3v) is 3.05. The fraction of sp³-hybridized carbons (Fsp3) is 0.533. The van der Waals surface area contributed by atoms with Gasteiger partial charge in [-0.15, -0.1) is 0 Å². The molecule has 0 aliphatic carbocycles. The zero-order valence-electron chi connectivity index (χ0n) is 14.0. The molecule has 1 unspecified atom stereocenters. The van der Waals surface area contributed by atoms with Gasteiger partial charge in [0.05, 0.1) is 5.69 Å². The van der Waals surface area contributed by atoms with E-state index in [0.29, 0.717) is 12.2 Å². The molecule has 1 aromatic heterocycles. The van der Waals surface area contributed by atoms with Crippen LogP contribution in [0, 0.1) is 0 Å². The molecule has 0 amide bonds. The highest BCUT2D eigenvalue weighted by Crippen LogP contribution is 2.09. The standard InChI is InChI=1S/C15H25N5O3/c1-5-18-23-9-7-13-10-14(17-11-16-13)19-12(2)6-8-20(3)15(21)22-4/h5,7,9-12,15,21H,6,8H2,1-4H3,(H,16,17,19)/b9-7+,18-5+/t12-,15?/m0/s1. The van der Waals surface area contributed by atoms with Crippen LogP contribution < -0.4 is 5.32 Å². The minimum absolute atomic E-state index is 0.175. The lowest BCUT2D eigenvalue weighted by molar-refractivity contribution is -0.167. The smallest absolute Gasteiger partial charge is 0.215 e. The van der Waals surface area contributed by atoms with Crippen LogP contribution in [0.1, 0.15) is 26.0 Å². The van der Waals surface area contributed by atoms with Gasteiger partial charge in [0.2, 0.25) is 6.41 Å². The zero-order chi connectivity index (χ0) is 17.1. The van der Waals surface area contributed by atoms with Crippen LogP contribution >= 0.6 is 0 Å². The SMILES string of the molecule is C/C=N/O/C=C/c1cc(N[C@@H](C)CCN(C)C(O)OC)ncn1. The molecule has 1 aromatic rings. The topological polar surface area (TPSA) is 92.1 Å². The molecule has 2 atom stereocenters. The van der Waals surface area contributed by atoms with E-state index in [1.165, 1.54) is 19.7 Å². The van der Waals surface area contributed by atoms with Crippen molar-refractivity contribution in [2.24, 2.45) is 5.16 Å². The first-order valence-corrected chi connectivity index (χ1v) is 7.36. The maximum atomic E-state index is 9.52. The van der Waals surface area contributed by atoms with Crippen LogP contribution in [0.3, 0.4) is 0 Å². The number of oxime groups is 1. The molecule has 0 aliphatic heterocycles. The van der Waals surface area contributed by atoms with Crippen LogP contribution in [0.25, 0.3) is 6.08 Å². The molecule has 128 valence electrons. The summed E-state index contributed by atoms with van der Waals surface area (Å²) in [6.45, 7) is 4.50. The summed E-state index contributed by atoms with van der Waals surface area (Å²) >= 11 is 0. The summed E-state index contributed by atoms with van der Waals surface area (Å²) in [5.74, 6) is 0.723. The summed E-state index contributed by atoms with van der Waals surface area (Å²) in [6.07, 6.45) is 6.13. The average Bonchev–Trinajstić information content (AvgIpc) is 2.56. The molecule has 0 fully saturated rings. The van der Waals surface area contributed by atoms with Crippen molar-refractivity contribution in [1.29, 1.82) is 0 Å². The van der Waals surface area contributed by atoms with E-state index in [0.717, 1.165) is 12.2 Å². The molecule has 2 N–H and O–H groups in total. The maximum absolute atomic E-state index is 9.52. The summed E-state index contributed by atoms with van der Waals surface area (Å²) in [5.41, 5.74) is 0.716. The molecule has 0 radical (unpaired) electrons. The van der Waals surface area contributed by atoms with Gasteiger partial charge in [-0.25, -0.2) is 9.97 Å². The number of aliphatic hydroxyl groups is 1. The zero-order valence-corrected chi connectivity index (χ0v) is 14.0. The van der Waals surface area contributed by atoms with Crippen LogP contribution in [-0.4, -0.2) is 59.3 Å². The van der Waals surface area contributed by atoms with E-state index in [1.54, 1.807) is 31.2 Å². The molecule has 0 aliphatic rings. The lowest BCUT2D eigenvalue weighted by Crippen LogP contribution is -2.35. The summed E-state index contributed by atoms with van der Waals surface area (Å²) in [5, 5.41) is 16.4. The maximum Gasteiger partial charge on any atom is 0.215 e. The third-order valence-electron chi connectivity index (χ3n) is 3.05. The van der Waals surface area contributed by atoms with E-state index in [9.17, 15) is 5.11 Å². The predicted octanol–water partition coefficient (Wildman–Crippen LogP) is 1.51. The minimum atomic E-state index is -0.885. The van der Waals surface area contributed by atoms with Gasteiger partial charge in [-0.05, 0) is 27.3 Å². The summed E-state index contributed by atoms with van der Waals surface area (Å²) in [4.78, 5) is 14.9. The van der Waals surface area contributed by atoms with Gasteiger partial charge in [-0.1, -0.05) is 5.16 Å². The average molecular weight is 323 g/mol. The molecule has 1 heterocycles. The van der Waals surface area contributed by atoms with Crippen molar-refractivity contribution in [3.05, 3.63) is 24.3 Å². The van der Waals surface area contributed by atoms with Crippen molar-refractivity contribution in [3.8, 4) is 0 Å². The second-order valence-corrected chi connectivity index (χ2v) is 4.98. The fourth-order valence-electron chi connectivity index (χ4n) is 1.75. The largest absolute Gasteiger partial charge is 0.367 e. The molecular weight excluding hydrogens is 298 g/mol. The number of hydrogen-bond acceptors (Lipinski definition) is 8. The van der Waals surface area contributed by atoms with Crippen molar-refractivity contribution >= 4 is 18.1 Å². The molecule has 8 heteroatoms. The Morgan fingerprint density at radius 1 is 1.48 bits per heavy atom. The number of rotatable bonds is 10. The van der Waals surface area contributed by atoms with Crippen molar-refractivity contribution in [3.63, 3.8) is 0 Å². The highest BCUT2D eigenvalue weighted by Gasteiger charge is 2.11. The third kappa shape index (κ3) is 7.68. The Morgan fingerprint density at radius 2 is 2.26 bits per heavy atom. The van der Waals surface area contributed by atoms with E-state index in [2.05, 4.69) is 20.4 Å². The van der Waals surface area contributed by atoms with Gasteiger partial charge >= 0.3 is 0 Å². The van der Waals surface area contributed by atoms with Crippen LogP contribution in [-0.2, 0) is 9.57 Å². The number of aliphatic hydroxyl groups excluding tert-OH is 1. The Hall–Kier alpha value is -2.03. The number of ether oxygens (including phenoxy) is 1. The van der Waals surface area contributed by atoms with Crippen molar-refractivity contribution in [2.75, 3.05) is 26.0 Å². The van der Waals surface area contributed by atoms with Crippen LogP contribution in [0.2, 0.25) is 0 Å². The lowest BCUT2D eigenvalue weighted by atomic mass is 10.2. The van der Waals surface area contributed by atoms with E-state index < -0.39 is 6.41 Å². The molecule has 8 nitrogen and oxygen atoms in total. The van der Waals surface area contributed by atoms with Crippen molar-refractivity contribution in [2.45, 2.75) is 32.7 Å². The second-order valence-electron chi connectivity index (χ2n) is 4.98. The first kappa shape index (κ1) is 19.0. The Labute approximate surface area is 136 Å². The molecular formula is C15H25N5O3. The van der Waals surface area contributed by atoms with E-state index in [1.807, 2.05) is 13.0 Å².